The number of ether oxygens (including phenoxy) is 2. The highest BCUT2D eigenvalue weighted by Gasteiger charge is 2.24. The van der Waals surface area contributed by atoms with Crippen molar-refractivity contribution in [1.82, 2.24) is 0 Å². The molecule has 0 spiro atoms. The first-order valence-corrected chi connectivity index (χ1v) is 8.45. The second kappa shape index (κ2) is 8.10. The predicted octanol–water partition coefficient (Wildman–Crippen LogP) is 5.43. The minimum atomic E-state index is -1.23. The quantitative estimate of drug-likeness (QED) is 0.613. The van der Waals surface area contributed by atoms with Crippen LogP contribution in [0.4, 0.5) is 4.39 Å². The molecule has 4 nitrogen and oxygen atoms in total. The van der Waals surface area contributed by atoms with Gasteiger partial charge in [-0.3, -0.25) is 0 Å². The Labute approximate surface area is 160 Å². The van der Waals surface area contributed by atoms with Crippen molar-refractivity contribution < 1.29 is 23.8 Å². The van der Waals surface area contributed by atoms with Gasteiger partial charge in [0.05, 0.1) is 7.11 Å². The molecule has 0 aliphatic heterocycles. The molecule has 1 N–H and O–H groups in total. The van der Waals surface area contributed by atoms with Gasteiger partial charge in [-0.1, -0.05) is 41.9 Å². The van der Waals surface area contributed by atoms with E-state index < -0.39 is 11.8 Å². The number of methoxy groups -OCH3 is 1. The molecule has 138 valence electrons. The summed E-state index contributed by atoms with van der Waals surface area (Å²) in [7, 11) is 1.42. The van der Waals surface area contributed by atoms with Gasteiger partial charge in [0.1, 0.15) is 29.5 Å². The smallest absolute Gasteiger partial charge is 0.340 e. The van der Waals surface area contributed by atoms with Crippen molar-refractivity contribution >= 4 is 17.6 Å². The van der Waals surface area contributed by atoms with Crippen molar-refractivity contribution in [3.05, 3.63) is 82.6 Å². The number of aromatic carboxylic acids is 1. The topological polar surface area (TPSA) is 55.8 Å². The fourth-order valence-corrected chi connectivity index (χ4v) is 3.02. The van der Waals surface area contributed by atoms with Crippen LogP contribution in [0.2, 0.25) is 5.02 Å². The van der Waals surface area contributed by atoms with Crippen molar-refractivity contribution in [3.8, 4) is 22.6 Å². The van der Waals surface area contributed by atoms with Gasteiger partial charge in [0, 0.05) is 16.1 Å². The van der Waals surface area contributed by atoms with Crippen molar-refractivity contribution in [1.29, 1.82) is 0 Å². The summed E-state index contributed by atoms with van der Waals surface area (Å²) in [6, 6.07) is 16.2. The SMILES string of the molecule is COc1ccc(F)cc1-c1c(Cl)ccc(OCc2ccccc2)c1C(=O)O. The van der Waals surface area contributed by atoms with Gasteiger partial charge in [0.15, 0.2) is 0 Å². The van der Waals surface area contributed by atoms with E-state index in [2.05, 4.69) is 0 Å². The molecule has 6 heteroatoms. The molecule has 3 aromatic carbocycles. The molecular formula is C21H16ClFO4. The Bertz CT molecular complexity index is 973. The molecule has 0 atom stereocenters. The van der Waals surface area contributed by atoms with E-state index in [0.29, 0.717) is 5.75 Å². The number of halogens is 2. The molecule has 0 aliphatic carbocycles. The predicted molar refractivity (Wildman–Crippen MR) is 101 cm³/mol. The van der Waals surface area contributed by atoms with Crippen LogP contribution in [0.15, 0.2) is 60.7 Å². The van der Waals surface area contributed by atoms with E-state index >= 15 is 0 Å². The number of hydrogen-bond acceptors (Lipinski definition) is 3. The van der Waals surface area contributed by atoms with Crippen molar-refractivity contribution in [2.24, 2.45) is 0 Å². The molecule has 0 aliphatic rings. The van der Waals surface area contributed by atoms with Crippen LogP contribution in [0, 0.1) is 5.82 Å². The maximum atomic E-state index is 13.8. The second-order valence-electron chi connectivity index (χ2n) is 5.72. The number of benzene rings is 3. The lowest BCUT2D eigenvalue weighted by atomic mass is 9.97. The number of carboxylic acids is 1. The van der Waals surface area contributed by atoms with E-state index in [1.807, 2.05) is 30.3 Å². The van der Waals surface area contributed by atoms with Crippen molar-refractivity contribution in [2.45, 2.75) is 6.61 Å². The molecule has 27 heavy (non-hydrogen) atoms. The number of rotatable bonds is 6. The van der Waals surface area contributed by atoms with Gasteiger partial charge in [-0.25, -0.2) is 9.18 Å². The summed E-state index contributed by atoms with van der Waals surface area (Å²) in [5, 5.41) is 9.95. The number of hydrogen-bond donors (Lipinski definition) is 1. The molecule has 0 aromatic heterocycles. The van der Waals surface area contributed by atoms with Crippen molar-refractivity contribution in [3.63, 3.8) is 0 Å². The largest absolute Gasteiger partial charge is 0.496 e. The maximum Gasteiger partial charge on any atom is 0.340 e. The summed E-state index contributed by atoms with van der Waals surface area (Å²) in [5.74, 6) is -1.33. The lowest BCUT2D eigenvalue weighted by molar-refractivity contribution is 0.0692. The standard InChI is InChI=1S/C21H16ClFO4/c1-26-17-9-7-14(23)11-15(17)19-16(22)8-10-18(20(19)21(24)25)27-12-13-5-3-2-4-6-13/h2-11H,12H2,1H3,(H,24,25). The van der Waals surface area contributed by atoms with Gasteiger partial charge in [0.25, 0.3) is 0 Å². The molecule has 0 saturated carbocycles. The third-order valence-corrected chi connectivity index (χ3v) is 4.31. The Morgan fingerprint density at radius 3 is 2.44 bits per heavy atom. The van der Waals surface area contributed by atoms with Gasteiger partial charge in [-0.05, 0) is 35.9 Å². The monoisotopic (exact) mass is 386 g/mol. The Balaban J connectivity index is 2.11. The molecule has 0 heterocycles. The van der Waals surface area contributed by atoms with Gasteiger partial charge in [0.2, 0.25) is 0 Å². The lowest BCUT2D eigenvalue weighted by Crippen LogP contribution is -2.07. The highest BCUT2D eigenvalue weighted by molar-refractivity contribution is 6.34. The zero-order valence-electron chi connectivity index (χ0n) is 14.4. The summed E-state index contributed by atoms with van der Waals surface area (Å²) in [6.07, 6.45) is 0. The second-order valence-corrected chi connectivity index (χ2v) is 6.13. The molecule has 0 unspecified atom stereocenters. The Kier molecular flexibility index (Phi) is 5.62. The van der Waals surface area contributed by atoms with Gasteiger partial charge < -0.3 is 14.6 Å². The van der Waals surface area contributed by atoms with Gasteiger partial charge in [-0.15, -0.1) is 0 Å². The van der Waals surface area contributed by atoms with Crippen LogP contribution in [0.5, 0.6) is 11.5 Å². The molecule has 0 radical (unpaired) electrons. The number of carbonyl (C=O) groups is 1. The van der Waals surface area contributed by atoms with E-state index in [9.17, 15) is 14.3 Å². The average Bonchev–Trinajstić information content (AvgIpc) is 2.67. The summed E-state index contributed by atoms with van der Waals surface area (Å²) in [4.78, 5) is 12.0. The Morgan fingerprint density at radius 1 is 1.07 bits per heavy atom. The van der Waals surface area contributed by atoms with Crippen LogP contribution in [0.3, 0.4) is 0 Å². The van der Waals surface area contributed by atoms with E-state index in [1.165, 1.54) is 37.4 Å². The first kappa shape index (κ1) is 18.7. The number of carboxylic acid groups (broad SMARTS) is 1. The molecule has 0 amide bonds. The molecule has 3 rings (SSSR count). The summed E-state index contributed by atoms with van der Waals surface area (Å²) < 4.78 is 24.8. The van der Waals surface area contributed by atoms with Crippen LogP contribution in [-0.2, 0) is 6.61 Å². The van der Waals surface area contributed by atoms with Crippen LogP contribution in [-0.4, -0.2) is 18.2 Å². The normalized spacial score (nSPS) is 10.5. The summed E-state index contributed by atoms with van der Waals surface area (Å²) in [6.45, 7) is 0.183. The molecule has 3 aromatic rings. The summed E-state index contributed by atoms with van der Waals surface area (Å²) in [5.41, 5.74) is 1.12. The van der Waals surface area contributed by atoms with E-state index in [-0.39, 0.29) is 34.1 Å². The van der Waals surface area contributed by atoms with E-state index in [1.54, 1.807) is 0 Å². The first-order valence-electron chi connectivity index (χ1n) is 8.07. The molecule has 0 fully saturated rings. The fraction of sp³-hybridized carbons (Fsp3) is 0.0952. The van der Waals surface area contributed by atoms with Crippen LogP contribution in [0.25, 0.3) is 11.1 Å². The van der Waals surface area contributed by atoms with E-state index in [0.717, 1.165) is 5.56 Å². The third-order valence-electron chi connectivity index (χ3n) is 4.00. The van der Waals surface area contributed by atoms with Crippen LogP contribution < -0.4 is 9.47 Å². The Morgan fingerprint density at radius 2 is 1.78 bits per heavy atom. The molecule has 0 bridgehead atoms. The lowest BCUT2D eigenvalue weighted by Gasteiger charge is -2.16. The minimum Gasteiger partial charge on any atom is -0.496 e. The van der Waals surface area contributed by atoms with Crippen LogP contribution >= 0.6 is 11.6 Å². The van der Waals surface area contributed by atoms with Crippen molar-refractivity contribution in [2.75, 3.05) is 7.11 Å². The Hall–Kier alpha value is -3.05. The van der Waals surface area contributed by atoms with Gasteiger partial charge in [-0.2, -0.15) is 0 Å². The fourth-order valence-electron chi connectivity index (χ4n) is 2.76. The van der Waals surface area contributed by atoms with Gasteiger partial charge >= 0.3 is 5.97 Å². The van der Waals surface area contributed by atoms with Crippen LogP contribution in [0.1, 0.15) is 15.9 Å². The zero-order valence-corrected chi connectivity index (χ0v) is 15.2. The van der Waals surface area contributed by atoms with E-state index in [4.69, 9.17) is 21.1 Å². The summed E-state index contributed by atoms with van der Waals surface area (Å²) >= 11 is 6.28. The zero-order chi connectivity index (χ0) is 19.4. The molecule has 0 saturated heterocycles. The average molecular weight is 387 g/mol. The molecular weight excluding hydrogens is 371 g/mol. The maximum absolute atomic E-state index is 13.8. The minimum absolute atomic E-state index is 0.136. The third kappa shape index (κ3) is 4.04. The first-order chi connectivity index (χ1) is 13.0. The highest BCUT2D eigenvalue weighted by atomic mass is 35.5. The highest BCUT2D eigenvalue weighted by Crippen LogP contribution is 2.41.